The van der Waals surface area contributed by atoms with Gasteiger partial charge in [0.25, 0.3) is 5.91 Å². The maximum absolute atomic E-state index is 13.3. The predicted octanol–water partition coefficient (Wildman–Crippen LogP) is 2.13. The highest BCUT2D eigenvalue weighted by Gasteiger charge is 2.29. The minimum absolute atomic E-state index is 0.00710. The van der Waals surface area contributed by atoms with Crippen molar-refractivity contribution in [3.63, 3.8) is 0 Å². The number of rotatable bonds is 10. The van der Waals surface area contributed by atoms with Gasteiger partial charge in [-0.1, -0.05) is 48.5 Å². The van der Waals surface area contributed by atoms with Gasteiger partial charge in [-0.2, -0.15) is 0 Å². The number of carbonyl (C=O) groups is 4. The van der Waals surface area contributed by atoms with Crippen molar-refractivity contribution < 1.29 is 19.2 Å². The third kappa shape index (κ3) is 8.24. The molecule has 0 aromatic heterocycles. The Bertz CT molecular complexity index is 997. The Labute approximate surface area is 206 Å². The lowest BCUT2D eigenvalue weighted by molar-refractivity contribution is -0.136. The Morgan fingerprint density at radius 3 is 2.14 bits per heavy atom. The molecule has 8 heteroatoms. The second-order valence-electron chi connectivity index (χ2n) is 8.80. The molecule has 4 amide bonds. The van der Waals surface area contributed by atoms with Crippen LogP contribution < -0.4 is 11.1 Å². The molecule has 3 N–H and O–H groups in total. The number of amides is 4. The van der Waals surface area contributed by atoms with E-state index < -0.39 is 11.9 Å². The largest absolute Gasteiger partial charge is 0.370 e. The monoisotopic (exact) mass is 478 g/mol. The van der Waals surface area contributed by atoms with Crippen LogP contribution in [-0.4, -0.2) is 65.6 Å². The number of hydrogen-bond acceptors (Lipinski definition) is 4. The molecule has 2 aromatic carbocycles. The van der Waals surface area contributed by atoms with Gasteiger partial charge in [-0.05, 0) is 43.4 Å². The third-order valence-corrected chi connectivity index (χ3v) is 6.14. The summed E-state index contributed by atoms with van der Waals surface area (Å²) in [4.78, 5) is 53.5. The van der Waals surface area contributed by atoms with Crippen molar-refractivity contribution in [1.82, 2.24) is 15.1 Å². The molecule has 35 heavy (non-hydrogen) atoms. The first-order chi connectivity index (χ1) is 16.9. The zero-order valence-corrected chi connectivity index (χ0v) is 20.0. The highest BCUT2D eigenvalue weighted by atomic mass is 16.2. The van der Waals surface area contributed by atoms with Crippen LogP contribution in [0.15, 0.2) is 60.7 Å². The van der Waals surface area contributed by atoms with Gasteiger partial charge >= 0.3 is 0 Å². The summed E-state index contributed by atoms with van der Waals surface area (Å²) in [5, 5.41) is 2.82. The molecule has 0 saturated carbocycles. The minimum Gasteiger partial charge on any atom is -0.370 e. The van der Waals surface area contributed by atoms with Crippen LogP contribution in [0.2, 0.25) is 0 Å². The van der Waals surface area contributed by atoms with Gasteiger partial charge < -0.3 is 20.9 Å². The molecule has 8 nitrogen and oxygen atoms in total. The van der Waals surface area contributed by atoms with Gasteiger partial charge in [0.15, 0.2) is 0 Å². The van der Waals surface area contributed by atoms with Crippen LogP contribution in [0, 0.1) is 0 Å². The molecule has 0 bridgehead atoms. The summed E-state index contributed by atoms with van der Waals surface area (Å²) in [6.45, 7) is 1.81. The Balaban J connectivity index is 1.55. The second kappa shape index (κ2) is 13.3. The van der Waals surface area contributed by atoms with Gasteiger partial charge in [0.1, 0.15) is 6.04 Å². The lowest BCUT2D eigenvalue weighted by atomic mass is 10.1. The number of carbonyl (C=O) groups excluding carboxylic acids is 4. The van der Waals surface area contributed by atoms with Gasteiger partial charge in [-0.25, -0.2) is 0 Å². The van der Waals surface area contributed by atoms with E-state index in [-0.39, 0.29) is 37.0 Å². The smallest absolute Gasteiger partial charge is 0.253 e. The van der Waals surface area contributed by atoms with Crippen LogP contribution in [0.25, 0.3) is 0 Å². The van der Waals surface area contributed by atoms with E-state index >= 15 is 0 Å². The number of nitrogens with zero attached hydrogens (tertiary/aromatic N) is 2. The molecule has 0 radical (unpaired) electrons. The van der Waals surface area contributed by atoms with Crippen molar-refractivity contribution in [3.05, 3.63) is 71.8 Å². The average molecular weight is 479 g/mol. The highest BCUT2D eigenvalue weighted by Crippen LogP contribution is 2.12. The van der Waals surface area contributed by atoms with E-state index in [1.54, 1.807) is 21.9 Å². The summed E-state index contributed by atoms with van der Waals surface area (Å²) in [7, 11) is 0. The first-order valence-corrected chi connectivity index (χ1v) is 12.2. The van der Waals surface area contributed by atoms with Gasteiger partial charge in [-0.3, -0.25) is 19.2 Å². The topological polar surface area (TPSA) is 113 Å². The molecule has 1 aliphatic rings. The van der Waals surface area contributed by atoms with Crippen molar-refractivity contribution in [2.45, 2.75) is 44.6 Å². The molecule has 1 heterocycles. The van der Waals surface area contributed by atoms with Crippen molar-refractivity contribution in [2.75, 3.05) is 26.2 Å². The van der Waals surface area contributed by atoms with Crippen LogP contribution in [0.1, 0.15) is 48.0 Å². The summed E-state index contributed by atoms with van der Waals surface area (Å²) in [5.74, 6) is -1.04. The standard InChI is InChI=1S/C27H34N4O4/c28-24(32)16-15-23(29-25(33)14-7-11-21-9-3-1-4-10-21)27(35)31-18-8-17-30(19-20-31)26(34)22-12-5-2-6-13-22/h1-6,9-10,12-13,23H,7-8,11,14-20H2,(H2,28,32)(H,29,33). The van der Waals surface area contributed by atoms with E-state index in [1.807, 2.05) is 48.5 Å². The molecule has 2 aromatic rings. The minimum atomic E-state index is -0.817. The fourth-order valence-corrected chi connectivity index (χ4v) is 4.23. The van der Waals surface area contributed by atoms with Crippen molar-refractivity contribution in [1.29, 1.82) is 0 Å². The van der Waals surface area contributed by atoms with Crippen LogP contribution in [0.4, 0.5) is 0 Å². The zero-order chi connectivity index (χ0) is 25.0. The predicted molar refractivity (Wildman–Crippen MR) is 133 cm³/mol. The number of nitrogens with two attached hydrogens (primary N) is 1. The number of benzene rings is 2. The number of nitrogens with one attached hydrogen (secondary N) is 1. The Hall–Kier alpha value is -3.68. The first kappa shape index (κ1) is 25.9. The average Bonchev–Trinajstić information content (AvgIpc) is 3.13. The molecule has 0 aliphatic carbocycles. The molecule has 186 valence electrons. The van der Waals surface area contributed by atoms with Crippen molar-refractivity contribution in [3.8, 4) is 0 Å². The third-order valence-electron chi connectivity index (χ3n) is 6.14. The lowest BCUT2D eigenvalue weighted by Crippen LogP contribution is -2.50. The molecule has 1 atom stereocenters. The van der Waals surface area contributed by atoms with Crippen LogP contribution >= 0.6 is 0 Å². The van der Waals surface area contributed by atoms with E-state index in [2.05, 4.69) is 5.32 Å². The van der Waals surface area contributed by atoms with Gasteiger partial charge in [0.2, 0.25) is 17.7 Å². The van der Waals surface area contributed by atoms with E-state index in [1.165, 1.54) is 0 Å². The summed E-state index contributed by atoms with van der Waals surface area (Å²) in [6, 6.07) is 18.2. The normalized spacial score (nSPS) is 14.6. The Morgan fingerprint density at radius 2 is 1.46 bits per heavy atom. The van der Waals surface area contributed by atoms with E-state index in [4.69, 9.17) is 5.73 Å². The van der Waals surface area contributed by atoms with E-state index in [0.29, 0.717) is 44.6 Å². The summed E-state index contributed by atoms with van der Waals surface area (Å²) >= 11 is 0. The summed E-state index contributed by atoms with van der Waals surface area (Å²) in [5.41, 5.74) is 7.08. The van der Waals surface area contributed by atoms with Gasteiger partial charge in [-0.15, -0.1) is 0 Å². The van der Waals surface area contributed by atoms with Crippen molar-refractivity contribution in [2.24, 2.45) is 5.73 Å². The van der Waals surface area contributed by atoms with Gasteiger partial charge in [0, 0.05) is 44.6 Å². The molecule has 1 aliphatic heterocycles. The molecule has 1 unspecified atom stereocenters. The fraction of sp³-hybridized carbons (Fsp3) is 0.407. The zero-order valence-electron chi connectivity index (χ0n) is 20.0. The molecule has 1 saturated heterocycles. The first-order valence-electron chi connectivity index (χ1n) is 12.2. The quantitative estimate of drug-likeness (QED) is 0.545. The van der Waals surface area contributed by atoms with Crippen molar-refractivity contribution >= 4 is 23.6 Å². The van der Waals surface area contributed by atoms with Crippen LogP contribution in [0.5, 0.6) is 0 Å². The lowest BCUT2D eigenvalue weighted by Gasteiger charge is -2.27. The van der Waals surface area contributed by atoms with E-state index in [9.17, 15) is 19.2 Å². The maximum atomic E-state index is 13.3. The molecule has 1 fully saturated rings. The summed E-state index contributed by atoms with van der Waals surface area (Å²) < 4.78 is 0. The molecule has 3 rings (SSSR count). The molecular formula is C27H34N4O4. The van der Waals surface area contributed by atoms with E-state index in [0.717, 1.165) is 12.0 Å². The Morgan fingerprint density at radius 1 is 0.829 bits per heavy atom. The molecular weight excluding hydrogens is 444 g/mol. The SMILES string of the molecule is NC(=O)CCC(NC(=O)CCCc1ccccc1)C(=O)N1CCCN(C(=O)c2ccccc2)CC1. The van der Waals surface area contributed by atoms with Crippen LogP contribution in [0.3, 0.4) is 0 Å². The second-order valence-corrected chi connectivity index (χ2v) is 8.80. The van der Waals surface area contributed by atoms with Crippen LogP contribution in [-0.2, 0) is 20.8 Å². The number of hydrogen-bond donors (Lipinski definition) is 2. The highest BCUT2D eigenvalue weighted by molar-refractivity contribution is 5.94. The molecule has 0 spiro atoms. The Kier molecular flexibility index (Phi) is 9.83. The maximum Gasteiger partial charge on any atom is 0.253 e. The number of aryl methyl sites for hydroxylation is 1. The summed E-state index contributed by atoms with van der Waals surface area (Å²) in [6.07, 6.45) is 2.51. The number of primary amides is 1. The van der Waals surface area contributed by atoms with Gasteiger partial charge in [0.05, 0.1) is 0 Å². The fourth-order valence-electron chi connectivity index (χ4n) is 4.23.